The van der Waals surface area contributed by atoms with Gasteiger partial charge in [0.2, 0.25) is 0 Å². The normalized spacial score (nSPS) is 14.0. The van der Waals surface area contributed by atoms with Gasteiger partial charge in [-0.25, -0.2) is 0 Å². The first-order valence-electron chi connectivity index (χ1n) is 8.99. The molecule has 0 radical (unpaired) electrons. The van der Waals surface area contributed by atoms with Gasteiger partial charge in [0.15, 0.2) is 0 Å². The van der Waals surface area contributed by atoms with E-state index in [1.807, 2.05) is 32.0 Å². The molecule has 0 spiro atoms. The quantitative estimate of drug-likeness (QED) is 0.384. The maximum Gasteiger partial charge on any atom is 0.266 e. The lowest BCUT2D eigenvalue weighted by Gasteiger charge is -2.14. The van der Waals surface area contributed by atoms with Crippen molar-refractivity contribution in [3.63, 3.8) is 0 Å². The van der Waals surface area contributed by atoms with Crippen LogP contribution in [0.5, 0.6) is 5.75 Å². The molecule has 6 heteroatoms. The molecule has 0 fully saturated rings. The summed E-state index contributed by atoms with van der Waals surface area (Å²) in [6, 6.07) is 7.00. The molecule has 3 aromatic rings. The molecule has 4 rings (SSSR count). The fraction of sp³-hybridized carbons (Fsp3) is 0.286. The number of nitrogens with zero attached hydrogens (tertiary/aromatic N) is 2. The highest BCUT2D eigenvalue weighted by atomic mass is 16.6. The molecule has 0 bridgehead atoms. The molecule has 0 saturated carbocycles. The molecule has 1 aliphatic rings. The molecule has 0 amide bonds. The molecule has 0 aliphatic heterocycles. The maximum atomic E-state index is 12.8. The van der Waals surface area contributed by atoms with Crippen molar-refractivity contribution in [2.45, 2.75) is 39.5 Å². The number of hydrogen-bond acceptors (Lipinski definition) is 5. The lowest BCUT2D eigenvalue weighted by atomic mass is 9.93. The fourth-order valence-corrected chi connectivity index (χ4v) is 3.63. The molecule has 1 aromatic heterocycles. The molecule has 2 aromatic carbocycles. The Kier molecular flexibility index (Phi) is 4.18. The highest BCUT2D eigenvalue weighted by Crippen LogP contribution is 2.40. The van der Waals surface area contributed by atoms with Crippen molar-refractivity contribution in [2.24, 2.45) is 4.99 Å². The highest BCUT2D eigenvalue weighted by Gasteiger charge is 2.23. The Labute approximate surface area is 156 Å². The summed E-state index contributed by atoms with van der Waals surface area (Å²) in [5.41, 5.74) is 4.10. The van der Waals surface area contributed by atoms with E-state index >= 15 is 0 Å². The molecule has 0 atom stereocenters. The van der Waals surface area contributed by atoms with E-state index in [4.69, 9.17) is 4.42 Å². The summed E-state index contributed by atoms with van der Waals surface area (Å²) in [5.74, 6) is 0.214. The van der Waals surface area contributed by atoms with E-state index in [9.17, 15) is 15.2 Å². The van der Waals surface area contributed by atoms with Crippen molar-refractivity contribution in [1.82, 2.24) is 0 Å². The first kappa shape index (κ1) is 17.3. The summed E-state index contributed by atoms with van der Waals surface area (Å²) in [6.45, 7) is 4.01. The summed E-state index contributed by atoms with van der Waals surface area (Å²) < 4.78 is 5.86. The van der Waals surface area contributed by atoms with Gasteiger partial charge in [0.1, 0.15) is 11.3 Å². The van der Waals surface area contributed by atoms with Crippen LogP contribution < -0.4 is 5.11 Å². The second-order valence-corrected chi connectivity index (χ2v) is 7.01. The zero-order chi connectivity index (χ0) is 19.1. The molecule has 0 unspecified atom stereocenters. The number of fused-ring (bicyclic) bond motifs is 3. The minimum Gasteiger partial charge on any atom is -0.867 e. The Morgan fingerprint density at radius 3 is 2.67 bits per heavy atom. The van der Waals surface area contributed by atoms with Gasteiger partial charge in [-0.3, -0.25) is 15.1 Å². The summed E-state index contributed by atoms with van der Waals surface area (Å²) in [5, 5.41) is 24.8. The number of nitro groups is 1. The van der Waals surface area contributed by atoms with Crippen LogP contribution in [-0.2, 0) is 12.8 Å². The number of furan rings is 1. The van der Waals surface area contributed by atoms with E-state index < -0.39 is 16.4 Å². The monoisotopic (exact) mass is 363 g/mol. The Morgan fingerprint density at radius 2 is 1.93 bits per heavy atom. The Bertz CT molecular complexity index is 1100. The maximum absolute atomic E-state index is 12.8. The fourth-order valence-electron chi connectivity index (χ4n) is 3.63. The third-order valence-electron chi connectivity index (χ3n) is 5.24. The van der Waals surface area contributed by atoms with Crippen LogP contribution in [0.4, 0.5) is 11.4 Å². The van der Waals surface area contributed by atoms with E-state index in [-0.39, 0.29) is 5.56 Å². The Hall–Kier alpha value is -3.15. The van der Waals surface area contributed by atoms with Crippen LogP contribution in [0.2, 0.25) is 0 Å². The van der Waals surface area contributed by atoms with Crippen LogP contribution in [0.3, 0.4) is 0 Å². The largest absolute Gasteiger partial charge is 0.867 e. The zero-order valence-corrected chi connectivity index (χ0v) is 15.2. The second-order valence-electron chi connectivity index (χ2n) is 7.01. The molecular formula is C21H19N2O4-. The molecule has 0 saturated heterocycles. The van der Waals surface area contributed by atoms with Gasteiger partial charge < -0.3 is 9.52 Å². The van der Waals surface area contributed by atoms with Gasteiger partial charge >= 0.3 is 0 Å². The third-order valence-corrected chi connectivity index (χ3v) is 5.24. The van der Waals surface area contributed by atoms with Gasteiger partial charge in [-0.1, -0.05) is 6.07 Å². The van der Waals surface area contributed by atoms with Crippen molar-refractivity contribution in [1.29, 1.82) is 0 Å². The van der Waals surface area contributed by atoms with Crippen molar-refractivity contribution in [2.75, 3.05) is 0 Å². The molecule has 6 nitrogen and oxygen atoms in total. The predicted molar refractivity (Wildman–Crippen MR) is 102 cm³/mol. The van der Waals surface area contributed by atoms with E-state index in [0.717, 1.165) is 48.1 Å². The number of aliphatic imine (C=N–C) groups is 1. The van der Waals surface area contributed by atoms with Gasteiger partial charge in [0.05, 0.1) is 16.7 Å². The lowest BCUT2D eigenvalue weighted by molar-refractivity contribution is -0.398. The van der Waals surface area contributed by atoms with Gasteiger partial charge in [-0.2, -0.15) is 0 Å². The van der Waals surface area contributed by atoms with Crippen LogP contribution >= 0.6 is 0 Å². The SMILES string of the molecule is Cc1ccc(N=Cc2c([O-])c([N+](=O)[O-])cc3oc4c(c23)CCCC4)cc1C. The number of hydrogen-bond donors (Lipinski definition) is 0. The zero-order valence-electron chi connectivity index (χ0n) is 15.2. The van der Waals surface area contributed by atoms with E-state index in [0.29, 0.717) is 16.7 Å². The minimum atomic E-state index is -0.656. The predicted octanol–water partition coefficient (Wildman–Crippen LogP) is 4.66. The molecular weight excluding hydrogens is 344 g/mol. The van der Waals surface area contributed by atoms with Gasteiger partial charge in [-0.15, -0.1) is 0 Å². The average Bonchev–Trinajstić information content (AvgIpc) is 3.01. The van der Waals surface area contributed by atoms with Crippen molar-refractivity contribution in [3.8, 4) is 5.75 Å². The summed E-state index contributed by atoms with van der Waals surface area (Å²) >= 11 is 0. The topological polar surface area (TPSA) is 91.7 Å². The molecule has 0 N–H and O–H groups in total. The molecule has 27 heavy (non-hydrogen) atoms. The minimum absolute atomic E-state index is 0.240. The van der Waals surface area contributed by atoms with Gasteiger partial charge in [0, 0.05) is 29.1 Å². The van der Waals surface area contributed by atoms with E-state index in [1.165, 1.54) is 12.3 Å². The van der Waals surface area contributed by atoms with Crippen molar-refractivity contribution < 1.29 is 14.4 Å². The Balaban J connectivity index is 1.92. The summed E-state index contributed by atoms with van der Waals surface area (Å²) in [6.07, 6.45) is 5.09. The first-order chi connectivity index (χ1) is 13.0. The van der Waals surface area contributed by atoms with Crippen LogP contribution in [0.15, 0.2) is 33.7 Å². The van der Waals surface area contributed by atoms with E-state index in [1.54, 1.807) is 0 Å². The molecule has 1 heterocycles. The van der Waals surface area contributed by atoms with Crippen LogP contribution in [-0.4, -0.2) is 11.1 Å². The second kappa shape index (κ2) is 6.54. The number of nitro benzene ring substituents is 1. The summed E-state index contributed by atoms with van der Waals surface area (Å²) in [7, 11) is 0. The third kappa shape index (κ3) is 2.97. The van der Waals surface area contributed by atoms with Crippen LogP contribution in [0, 0.1) is 24.0 Å². The molecule has 1 aliphatic carbocycles. The number of aryl methyl sites for hydroxylation is 4. The summed E-state index contributed by atoms with van der Waals surface area (Å²) in [4.78, 5) is 15.1. The smallest absolute Gasteiger partial charge is 0.266 e. The first-order valence-corrected chi connectivity index (χ1v) is 8.99. The highest BCUT2D eigenvalue weighted by molar-refractivity contribution is 6.05. The average molecular weight is 363 g/mol. The molecule has 138 valence electrons. The van der Waals surface area contributed by atoms with Crippen LogP contribution in [0.25, 0.3) is 11.0 Å². The van der Waals surface area contributed by atoms with Gasteiger partial charge in [-0.05, 0) is 62.1 Å². The van der Waals surface area contributed by atoms with Gasteiger partial charge in [0.25, 0.3) is 5.69 Å². The number of benzene rings is 2. The standard InChI is InChI=1S/C21H20N2O4/c1-12-7-8-14(9-13(12)2)22-11-16-20-15-5-3-4-6-18(15)27-19(20)10-17(21(16)24)23(25)26/h7-11,24H,3-6H2,1-2H3/p-1. The van der Waals surface area contributed by atoms with Crippen molar-refractivity contribution in [3.05, 3.63) is 62.4 Å². The van der Waals surface area contributed by atoms with E-state index in [2.05, 4.69) is 4.99 Å². The lowest BCUT2D eigenvalue weighted by Crippen LogP contribution is -2.04. The van der Waals surface area contributed by atoms with Crippen LogP contribution in [0.1, 0.15) is 40.9 Å². The van der Waals surface area contributed by atoms with Crippen molar-refractivity contribution >= 4 is 28.6 Å². The Morgan fingerprint density at radius 1 is 1.15 bits per heavy atom. The number of rotatable bonds is 3.